The zero-order valence-electron chi connectivity index (χ0n) is 14.9. The van der Waals surface area contributed by atoms with Gasteiger partial charge in [-0.25, -0.2) is 0 Å². The van der Waals surface area contributed by atoms with Crippen LogP contribution in [0.5, 0.6) is 0 Å². The number of hydrogen-bond acceptors (Lipinski definition) is 3. The van der Waals surface area contributed by atoms with Gasteiger partial charge in [0.25, 0.3) is 0 Å². The highest BCUT2D eigenvalue weighted by atomic mass is 32.3. The molecule has 0 nitrogen and oxygen atoms in total. The maximum atomic E-state index is 3.60. The minimum Gasteiger partial charge on any atom is -0.128 e. The molecule has 0 spiro atoms. The Bertz CT molecular complexity index is 293. The summed E-state index contributed by atoms with van der Waals surface area (Å²) in [5, 5.41) is 0. The Morgan fingerprint density at radius 1 is 0.714 bits per heavy atom. The Balaban J connectivity index is 0.000000400. The zero-order valence-corrected chi connectivity index (χ0v) is 17.3. The van der Waals surface area contributed by atoms with Crippen molar-refractivity contribution in [2.45, 2.75) is 80.0 Å². The molecule has 123 valence electrons. The van der Waals surface area contributed by atoms with Gasteiger partial charge in [0.1, 0.15) is 0 Å². The van der Waals surface area contributed by atoms with Crippen molar-refractivity contribution in [1.82, 2.24) is 0 Å². The average Bonchev–Trinajstić information content (AvgIpc) is 2.23. The van der Waals surface area contributed by atoms with Gasteiger partial charge in [-0.05, 0) is 67.7 Å². The van der Waals surface area contributed by atoms with Crippen LogP contribution >= 0.6 is 35.3 Å². The molecule has 0 saturated carbocycles. The first-order valence-corrected chi connectivity index (χ1v) is 10.2. The summed E-state index contributed by atoms with van der Waals surface area (Å²) in [6.07, 6.45) is 11.8. The van der Waals surface area contributed by atoms with Crippen LogP contribution in [0.4, 0.5) is 0 Å². The summed E-state index contributed by atoms with van der Waals surface area (Å²) in [6, 6.07) is 0. The van der Waals surface area contributed by atoms with Gasteiger partial charge in [0, 0.05) is 0 Å². The van der Waals surface area contributed by atoms with Crippen LogP contribution in [0.1, 0.15) is 67.7 Å². The van der Waals surface area contributed by atoms with Gasteiger partial charge in [0.15, 0.2) is 0 Å². The molecule has 1 heterocycles. The topological polar surface area (TPSA) is 0 Å². The molecule has 21 heavy (non-hydrogen) atoms. The van der Waals surface area contributed by atoms with Gasteiger partial charge >= 0.3 is 0 Å². The first kappa shape index (κ1) is 21.5. The van der Waals surface area contributed by atoms with Crippen LogP contribution in [0.25, 0.3) is 0 Å². The fourth-order valence-corrected chi connectivity index (χ4v) is 10.7. The number of hydrogen-bond donors (Lipinski definition) is 0. The standard InChI is InChI=1S/C9H18S3.C9H15/c1-7(2)10-8(3,4)12-9(5,6)11-7;1-3-5-7-9-8-6-4-2/h1-6H3;3,5-6,8H,1,4,7,9H2,2H3. The average molecular weight is 346 g/mol. The molecule has 0 unspecified atom stereocenters. The molecule has 0 aromatic carbocycles. The van der Waals surface area contributed by atoms with Crippen molar-refractivity contribution in [1.29, 1.82) is 0 Å². The van der Waals surface area contributed by atoms with Crippen molar-refractivity contribution in [3.8, 4) is 0 Å². The second kappa shape index (κ2) is 9.62. The van der Waals surface area contributed by atoms with Crippen LogP contribution in [0.2, 0.25) is 0 Å². The van der Waals surface area contributed by atoms with E-state index < -0.39 is 0 Å². The molecular formula is C18H33S3. The van der Waals surface area contributed by atoms with E-state index in [4.69, 9.17) is 0 Å². The quantitative estimate of drug-likeness (QED) is 0.381. The second-order valence-electron chi connectivity index (χ2n) is 6.43. The molecule has 1 fully saturated rings. The van der Waals surface area contributed by atoms with Gasteiger partial charge < -0.3 is 0 Å². The lowest BCUT2D eigenvalue weighted by atomic mass is 10.2. The van der Waals surface area contributed by atoms with Gasteiger partial charge in [0.05, 0.1) is 12.2 Å². The summed E-state index contributed by atoms with van der Waals surface area (Å²) in [7, 11) is 0. The fourth-order valence-electron chi connectivity index (χ4n) is 2.43. The van der Waals surface area contributed by atoms with Crippen molar-refractivity contribution in [3.05, 3.63) is 31.2 Å². The third-order valence-corrected chi connectivity index (χ3v) is 6.99. The molecular weight excluding hydrogens is 312 g/mol. The molecule has 1 radical (unpaired) electrons. The molecule has 1 aliphatic heterocycles. The van der Waals surface area contributed by atoms with Gasteiger partial charge in [-0.3, -0.25) is 0 Å². The summed E-state index contributed by atoms with van der Waals surface area (Å²) in [6.45, 7) is 19.7. The first-order valence-electron chi connectivity index (χ1n) is 7.73. The monoisotopic (exact) mass is 345 g/mol. The van der Waals surface area contributed by atoms with Crippen molar-refractivity contribution in [2.24, 2.45) is 0 Å². The number of rotatable bonds is 4. The molecule has 0 atom stereocenters. The maximum Gasteiger partial charge on any atom is 0.0582 e. The van der Waals surface area contributed by atoms with E-state index in [0.29, 0.717) is 12.2 Å². The summed E-state index contributed by atoms with van der Waals surface area (Å²) < 4.78 is 1.08. The van der Waals surface area contributed by atoms with Crippen LogP contribution < -0.4 is 0 Å². The van der Waals surface area contributed by atoms with Crippen molar-refractivity contribution < 1.29 is 0 Å². The highest BCUT2D eigenvalue weighted by Gasteiger charge is 2.44. The molecule has 0 aromatic heterocycles. The van der Waals surface area contributed by atoms with Crippen molar-refractivity contribution in [2.75, 3.05) is 0 Å². The predicted molar refractivity (Wildman–Crippen MR) is 108 cm³/mol. The molecule has 3 heteroatoms. The molecule has 0 aromatic rings. The second-order valence-corrected chi connectivity index (χ2v) is 13.9. The molecule has 1 aliphatic rings. The number of allylic oxidation sites excluding steroid dienone is 4. The number of unbranched alkanes of at least 4 members (excludes halogenated alkanes) is 1. The minimum atomic E-state index is 0.359. The smallest absolute Gasteiger partial charge is 0.0582 e. The SMILES string of the molecule is CC1(C)SC(C)(C)SC(C)(C)S1.[CH2]C=CCCC=CCC. The van der Waals surface area contributed by atoms with E-state index in [0.717, 1.165) is 19.3 Å². The normalized spacial score (nSPS) is 23.0. The Morgan fingerprint density at radius 2 is 1.10 bits per heavy atom. The Morgan fingerprint density at radius 3 is 1.43 bits per heavy atom. The Kier molecular flexibility index (Phi) is 9.86. The van der Waals surface area contributed by atoms with Gasteiger partial charge in [0.2, 0.25) is 0 Å². The highest BCUT2D eigenvalue weighted by Crippen LogP contribution is 2.63. The van der Waals surface area contributed by atoms with E-state index in [-0.39, 0.29) is 0 Å². The largest absolute Gasteiger partial charge is 0.128 e. The van der Waals surface area contributed by atoms with E-state index in [9.17, 15) is 0 Å². The Labute approximate surface area is 146 Å². The first-order chi connectivity index (χ1) is 9.54. The Hall–Kier alpha value is 0.530. The minimum absolute atomic E-state index is 0.359. The molecule has 0 amide bonds. The molecule has 0 N–H and O–H groups in total. The molecule has 0 bridgehead atoms. The summed E-state index contributed by atoms with van der Waals surface area (Å²) in [5.41, 5.74) is 0. The summed E-state index contributed by atoms with van der Waals surface area (Å²) in [5.74, 6) is 0. The summed E-state index contributed by atoms with van der Waals surface area (Å²) >= 11 is 6.22. The van der Waals surface area contributed by atoms with E-state index in [1.807, 2.05) is 6.08 Å². The van der Waals surface area contributed by atoms with Crippen molar-refractivity contribution >= 4 is 35.3 Å². The van der Waals surface area contributed by atoms with E-state index in [1.165, 1.54) is 0 Å². The number of thioether (sulfide) groups is 3. The third-order valence-electron chi connectivity index (χ3n) is 2.54. The van der Waals surface area contributed by atoms with E-state index in [1.54, 1.807) is 0 Å². The van der Waals surface area contributed by atoms with Crippen LogP contribution in [0.3, 0.4) is 0 Å². The summed E-state index contributed by atoms with van der Waals surface area (Å²) in [4.78, 5) is 0. The molecule has 1 rings (SSSR count). The lowest BCUT2D eigenvalue weighted by Crippen LogP contribution is -2.34. The lowest BCUT2D eigenvalue weighted by molar-refractivity contribution is 0.894. The van der Waals surface area contributed by atoms with Crippen LogP contribution in [0.15, 0.2) is 24.3 Å². The van der Waals surface area contributed by atoms with E-state index in [2.05, 4.69) is 109 Å². The lowest BCUT2D eigenvalue weighted by Gasteiger charge is -2.47. The van der Waals surface area contributed by atoms with Crippen LogP contribution in [-0.2, 0) is 0 Å². The molecule has 0 aliphatic carbocycles. The molecule has 1 saturated heterocycles. The van der Waals surface area contributed by atoms with Gasteiger partial charge in [-0.15, -0.1) is 35.3 Å². The third kappa shape index (κ3) is 11.7. The van der Waals surface area contributed by atoms with Gasteiger partial charge in [-0.2, -0.15) is 0 Å². The zero-order chi connectivity index (χ0) is 16.6. The van der Waals surface area contributed by atoms with Gasteiger partial charge in [-0.1, -0.05) is 31.2 Å². The highest BCUT2D eigenvalue weighted by molar-refractivity contribution is 8.35. The van der Waals surface area contributed by atoms with Crippen LogP contribution in [0, 0.1) is 6.92 Å². The van der Waals surface area contributed by atoms with Crippen molar-refractivity contribution in [3.63, 3.8) is 0 Å². The predicted octanol–water partition coefficient (Wildman–Crippen LogP) is 7.53. The van der Waals surface area contributed by atoms with Crippen LogP contribution in [-0.4, -0.2) is 12.2 Å². The maximum absolute atomic E-state index is 3.60. The van der Waals surface area contributed by atoms with E-state index >= 15 is 0 Å². The fraction of sp³-hybridized carbons (Fsp3) is 0.722.